The van der Waals surface area contributed by atoms with Crippen molar-refractivity contribution >= 4 is 29.9 Å². The van der Waals surface area contributed by atoms with Crippen molar-refractivity contribution in [3.8, 4) is 0 Å². The molecule has 23 heavy (non-hydrogen) atoms. The fourth-order valence-corrected chi connectivity index (χ4v) is 3.42. The van der Waals surface area contributed by atoms with Crippen molar-refractivity contribution in [1.29, 1.82) is 0 Å². The molecule has 0 radical (unpaired) electrons. The minimum atomic E-state index is 0. The molecule has 0 bridgehead atoms. The standard InChI is InChI=1S/C18H34N4.HI/c1-15(2)22-13-10-17(11-14-22)21-18(19-3)20-12-9-16-7-5-4-6-8-16;/h7,15,17H,4-6,8-14H2,1-3H3,(H2,19,20,21);1H. The van der Waals surface area contributed by atoms with E-state index in [9.17, 15) is 0 Å². The first-order valence-corrected chi connectivity index (χ1v) is 9.08. The van der Waals surface area contributed by atoms with Gasteiger partial charge >= 0.3 is 0 Å². The van der Waals surface area contributed by atoms with Gasteiger partial charge in [-0.05, 0) is 58.8 Å². The highest BCUT2D eigenvalue weighted by atomic mass is 127. The summed E-state index contributed by atoms with van der Waals surface area (Å²) in [7, 11) is 1.87. The van der Waals surface area contributed by atoms with Crippen molar-refractivity contribution in [2.45, 2.75) is 70.9 Å². The number of allylic oxidation sites excluding steroid dienone is 1. The third-order valence-electron chi connectivity index (χ3n) is 4.95. The molecule has 0 amide bonds. The quantitative estimate of drug-likeness (QED) is 0.301. The van der Waals surface area contributed by atoms with Crippen LogP contribution in [0.5, 0.6) is 0 Å². The molecule has 0 aromatic heterocycles. The summed E-state index contributed by atoms with van der Waals surface area (Å²) in [5, 5.41) is 7.08. The first-order valence-electron chi connectivity index (χ1n) is 9.08. The first kappa shape index (κ1) is 20.7. The van der Waals surface area contributed by atoms with E-state index in [1.165, 1.54) is 51.6 Å². The second kappa shape index (κ2) is 11.3. The highest BCUT2D eigenvalue weighted by Gasteiger charge is 2.21. The molecule has 1 aliphatic heterocycles. The van der Waals surface area contributed by atoms with E-state index in [0.29, 0.717) is 12.1 Å². The van der Waals surface area contributed by atoms with Crippen molar-refractivity contribution in [2.75, 3.05) is 26.7 Å². The number of hydrogen-bond donors (Lipinski definition) is 2. The topological polar surface area (TPSA) is 39.7 Å². The predicted octanol–water partition coefficient (Wildman–Crippen LogP) is 3.53. The first-order chi connectivity index (χ1) is 10.7. The van der Waals surface area contributed by atoms with Crippen molar-refractivity contribution < 1.29 is 0 Å². The Balaban J connectivity index is 0.00000264. The molecule has 1 saturated heterocycles. The summed E-state index contributed by atoms with van der Waals surface area (Å²) in [6.45, 7) is 7.96. The third kappa shape index (κ3) is 7.42. The smallest absolute Gasteiger partial charge is 0.191 e. The van der Waals surface area contributed by atoms with Gasteiger partial charge in [-0.25, -0.2) is 0 Å². The Bertz CT molecular complexity index is 384. The van der Waals surface area contributed by atoms with E-state index in [1.54, 1.807) is 5.57 Å². The van der Waals surface area contributed by atoms with Gasteiger partial charge in [0.15, 0.2) is 5.96 Å². The van der Waals surface area contributed by atoms with E-state index in [-0.39, 0.29) is 24.0 Å². The summed E-state index contributed by atoms with van der Waals surface area (Å²) in [4.78, 5) is 6.94. The molecule has 1 fully saturated rings. The molecule has 134 valence electrons. The lowest BCUT2D eigenvalue weighted by molar-refractivity contribution is 0.167. The van der Waals surface area contributed by atoms with Crippen LogP contribution in [0, 0.1) is 0 Å². The summed E-state index contributed by atoms with van der Waals surface area (Å²) >= 11 is 0. The lowest BCUT2D eigenvalue weighted by Gasteiger charge is -2.35. The molecule has 0 unspecified atom stereocenters. The van der Waals surface area contributed by atoms with Gasteiger partial charge in [0, 0.05) is 38.8 Å². The molecule has 0 saturated carbocycles. The Morgan fingerprint density at radius 1 is 1.30 bits per heavy atom. The molecule has 5 heteroatoms. The Labute approximate surface area is 159 Å². The van der Waals surface area contributed by atoms with Crippen LogP contribution in [0.25, 0.3) is 0 Å². The van der Waals surface area contributed by atoms with Crippen LogP contribution in [-0.4, -0.2) is 49.6 Å². The molecule has 2 rings (SSSR count). The van der Waals surface area contributed by atoms with Gasteiger partial charge in [-0.3, -0.25) is 4.99 Å². The van der Waals surface area contributed by atoms with Crippen LogP contribution in [0.4, 0.5) is 0 Å². The largest absolute Gasteiger partial charge is 0.356 e. The normalized spacial score (nSPS) is 20.9. The van der Waals surface area contributed by atoms with Gasteiger partial charge in [-0.15, -0.1) is 24.0 Å². The van der Waals surface area contributed by atoms with E-state index in [0.717, 1.165) is 18.9 Å². The Morgan fingerprint density at radius 2 is 2.04 bits per heavy atom. The molecule has 0 spiro atoms. The number of nitrogens with zero attached hydrogens (tertiary/aromatic N) is 2. The minimum absolute atomic E-state index is 0. The van der Waals surface area contributed by atoms with E-state index in [2.05, 4.69) is 40.4 Å². The number of halogens is 1. The fraction of sp³-hybridized carbons (Fsp3) is 0.833. The maximum Gasteiger partial charge on any atom is 0.191 e. The molecule has 0 aromatic carbocycles. The van der Waals surface area contributed by atoms with Crippen molar-refractivity contribution in [2.24, 2.45) is 4.99 Å². The van der Waals surface area contributed by atoms with E-state index >= 15 is 0 Å². The summed E-state index contributed by atoms with van der Waals surface area (Å²) < 4.78 is 0. The molecular weight excluding hydrogens is 399 g/mol. The Morgan fingerprint density at radius 3 is 2.61 bits per heavy atom. The van der Waals surface area contributed by atoms with E-state index < -0.39 is 0 Å². The van der Waals surface area contributed by atoms with Gasteiger partial charge in [0.2, 0.25) is 0 Å². The highest BCUT2D eigenvalue weighted by Crippen LogP contribution is 2.19. The van der Waals surface area contributed by atoms with Crippen LogP contribution in [-0.2, 0) is 0 Å². The third-order valence-corrected chi connectivity index (χ3v) is 4.95. The number of piperidine rings is 1. The van der Waals surface area contributed by atoms with Gasteiger partial charge in [0.25, 0.3) is 0 Å². The second-order valence-corrected chi connectivity index (χ2v) is 6.91. The number of likely N-dealkylation sites (tertiary alicyclic amines) is 1. The number of hydrogen-bond acceptors (Lipinski definition) is 2. The molecule has 2 aliphatic rings. The monoisotopic (exact) mass is 434 g/mol. The Kier molecular flexibility index (Phi) is 10.2. The maximum absolute atomic E-state index is 4.38. The van der Waals surface area contributed by atoms with Crippen molar-refractivity contribution in [1.82, 2.24) is 15.5 Å². The number of rotatable bonds is 5. The van der Waals surface area contributed by atoms with Crippen LogP contribution in [0.2, 0.25) is 0 Å². The van der Waals surface area contributed by atoms with Gasteiger partial charge in [0.05, 0.1) is 0 Å². The minimum Gasteiger partial charge on any atom is -0.356 e. The number of nitrogens with one attached hydrogen (secondary N) is 2. The molecule has 2 N–H and O–H groups in total. The van der Waals surface area contributed by atoms with Gasteiger partial charge < -0.3 is 15.5 Å². The van der Waals surface area contributed by atoms with Crippen LogP contribution < -0.4 is 10.6 Å². The lowest BCUT2D eigenvalue weighted by atomic mass is 9.97. The van der Waals surface area contributed by atoms with E-state index in [4.69, 9.17) is 0 Å². The Hall–Kier alpha value is -0.300. The fourth-order valence-electron chi connectivity index (χ4n) is 3.42. The van der Waals surface area contributed by atoms with Crippen molar-refractivity contribution in [3.05, 3.63) is 11.6 Å². The average Bonchev–Trinajstić information content (AvgIpc) is 2.55. The molecule has 4 nitrogen and oxygen atoms in total. The van der Waals surface area contributed by atoms with Crippen LogP contribution in [0.15, 0.2) is 16.6 Å². The zero-order valence-corrected chi connectivity index (χ0v) is 17.4. The predicted molar refractivity (Wildman–Crippen MR) is 111 cm³/mol. The van der Waals surface area contributed by atoms with Gasteiger partial charge in [0.1, 0.15) is 0 Å². The maximum atomic E-state index is 4.38. The van der Waals surface area contributed by atoms with Crippen LogP contribution >= 0.6 is 24.0 Å². The lowest BCUT2D eigenvalue weighted by Crippen LogP contribution is -2.50. The summed E-state index contributed by atoms with van der Waals surface area (Å²) in [5.41, 5.74) is 1.62. The average molecular weight is 434 g/mol. The molecule has 1 heterocycles. The van der Waals surface area contributed by atoms with Crippen LogP contribution in [0.1, 0.15) is 58.8 Å². The summed E-state index contributed by atoms with van der Waals surface area (Å²) in [6, 6.07) is 1.23. The highest BCUT2D eigenvalue weighted by molar-refractivity contribution is 14.0. The zero-order chi connectivity index (χ0) is 15.8. The zero-order valence-electron chi connectivity index (χ0n) is 15.1. The molecule has 1 aliphatic carbocycles. The second-order valence-electron chi connectivity index (χ2n) is 6.91. The van der Waals surface area contributed by atoms with Gasteiger partial charge in [-0.1, -0.05) is 11.6 Å². The van der Waals surface area contributed by atoms with Crippen LogP contribution in [0.3, 0.4) is 0 Å². The molecule has 0 aromatic rings. The number of aliphatic imine (C=N–C) groups is 1. The summed E-state index contributed by atoms with van der Waals surface area (Å²) in [5.74, 6) is 0.972. The SMILES string of the molecule is CN=C(NCCC1=CCCCC1)NC1CCN(C(C)C)CC1.I. The van der Waals surface area contributed by atoms with Gasteiger partial charge in [-0.2, -0.15) is 0 Å². The van der Waals surface area contributed by atoms with Crippen molar-refractivity contribution in [3.63, 3.8) is 0 Å². The summed E-state index contributed by atoms with van der Waals surface area (Å²) in [6.07, 6.45) is 11.3. The molecule has 0 atom stereocenters. The number of guanidine groups is 1. The molecular formula is C18H35IN4. The van der Waals surface area contributed by atoms with E-state index in [1.807, 2.05) is 7.05 Å².